The molecule has 0 aliphatic carbocycles. The minimum Gasteiger partial charge on any atom is -0.362 e. The number of nitrogens with one attached hydrogen (secondary N) is 2. The molecule has 6 nitrogen and oxygen atoms in total. The first kappa shape index (κ1) is 18.9. The number of H-pyrrole nitrogens is 1. The van der Waals surface area contributed by atoms with Crippen LogP contribution < -0.4 is 5.32 Å². The number of aromatic amines is 1. The van der Waals surface area contributed by atoms with Crippen LogP contribution in [-0.4, -0.2) is 34.2 Å². The maximum Gasteiger partial charge on any atom is 0.325 e. The van der Waals surface area contributed by atoms with E-state index in [0.29, 0.717) is 17.0 Å². The number of rotatable bonds is 5. The second kappa shape index (κ2) is 6.68. The van der Waals surface area contributed by atoms with Gasteiger partial charge in [0.15, 0.2) is 5.78 Å². The summed E-state index contributed by atoms with van der Waals surface area (Å²) in [7, 11) is 0. The van der Waals surface area contributed by atoms with E-state index >= 15 is 0 Å². The molecule has 2 heterocycles. The Morgan fingerprint density at radius 3 is 2.30 bits per heavy atom. The van der Waals surface area contributed by atoms with Crippen LogP contribution in [0.3, 0.4) is 0 Å². The lowest BCUT2D eigenvalue weighted by Crippen LogP contribution is -2.41. The monoisotopic (exact) mass is 367 g/mol. The molecular weight excluding hydrogens is 342 g/mol. The van der Waals surface area contributed by atoms with E-state index in [-0.39, 0.29) is 12.3 Å². The molecule has 6 heteroatoms. The number of imide groups is 1. The van der Waals surface area contributed by atoms with E-state index in [4.69, 9.17) is 0 Å². The smallest absolute Gasteiger partial charge is 0.325 e. The number of hydrogen-bond donors (Lipinski definition) is 2. The van der Waals surface area contributed by atoms with E-state index in [9.17, 15) is 14.4 Å². The van der Waals surface area contributed by atoms with Gasteiger partial charge in [0.25, 0.3) is 5.91 Å². The number of aromatic nitrogens is 1. The number of nitrogens with zero attached hydrogens (tertiary/aromatic N) is 1. The first-order valence-corrected chi connectivity index (χ1v) is 9.07. The van der Waals surface area contributed by atoms with E-state index in [2.05, 4.69) is 24.1 Å². The first-order valence-electron chi connectivity index (χ1n) is 9.07. The minimum atomic E-state index is -1.17. The highest BCUT2D eigenvalue weighted by molar-refractivity contribution is 6.11. The molecule has 27 heavy (non-hydrogen) atoms. The maximum atomic E-state index is 13.0. The van der Waals surface area contributed by atoms with Crippen LogP contribution in [0.4, 0.5) is 4.79 Å². The second-order valence-corrected chi connectivity index (χ2v) is 7.64. The van der Waals surface area contributed by atoms with Gasteiger partial charge >= 0.3 is 6.03 Å². The van der Waals surface area contributed by atoms with E-state index in [1.807, 2.05) is 31.2 Å². The SMILES string of the molecule is Cc1cc(C(=O)CN2C(=O)NC(C)(c3ccc(C(C)C)cc3)C2=O)c(C)[nH]1. The number of ketones is 1. The lowest BCUT2D eigenvalue weighted by atomic mass is 9.90. The zero-order valence-corrected chi connectivity index (χ0v) is 16.3. The van der Waals surface area contributed by atoms with Crippen LogP contribution in [0.2, 0.25) is 0 Å². The molecule has 0 spiro atoms. The van der Waals surface area contributed by atoms with Crippen LogP contribution in [0.25, 0.3) is 0 Å². The number of benzene rings is 1. The molecule has 1 aromatic heterocycles. The molecule has 142 valence electrons. The van der Waals surface area contributed by atoms with Crippen LogP contribution >= 0.6 is 0 Å². The molecule has 1 aliphatic heterocycles. The highest BCUT2D eigenvalue weighted by atomic mass is 16.2. The topological polar surface area (TPSA) is 82.3 Å². The summed E-state index contributed by atoms with van der Waals surface area (Å²) in [5.41, 5.74) is 2.79. The van der Waals surface area contributed by atoms with Crippen LogP contribution in [0.5, 0.6) is 0 Å². The molecule has 1 saturated heterocycles. The van der Waals surface area contributed by atoms with Gasteiger partial charge in [-0.1, -0.05) is 38.1 Å². The van der Waals surface area contributed by atoms with Crippen molar-refractivity contribution in [1.29, 1.82) is 0 Å². The molecule has 3 rings (SSSR count). The Morgan fingerprint density at radius 2 is 1.78 bits per heavy atom. The second-order valence-electron chi connectivity index (χ2n) is 7.64. The third-order valence-electron chi connectivity index (χ3n) is 5.18. The largest absolute Gasteiger partial charge is 0.362 e. The number of carbonyl (C=O) groups is 3. The summed E-state index contributed by atoms with van der Waals surface area (Å²) in [6.07, 6.45) is 0. The Labute approximate surface area is 159 Å². The number of aryl methyl sites for hydroxylation is 2. The van der Waals surface area contributed by atoms with E-state index in [1.54, 1.807) is 19.9 Å². The highest BCUT2D eigenvalue weighted by Gasteiger charge is 2.49. The van der Waals surface area contributed by atoms with Gasteiger partial charge in [0.2, 0.25) is 0 Å². The standard InChI is InChI=1S/C21H25N3O3/c1-12(2)15-6-8-16(9-7-15)21(5)19(26)24(20(27)23-21)11-18(25)17-10-13(3)22-14(17)4/h6-10,12,22H,11H2,1-5H3,(H,23,27). The fourth-order valence-corrected chi connectivity index (χ4v) is 3.48. The van der Waals surface area contributed by atoms with Gasteiger partial charge in [-0.3, -0.25) is 14.5 Å². The van der Waals surface area contributed by atoms with Gasteiger partial charge in [-0.15, -0.1) is 0 Å². The third kappa shape index (κ3) is 3.27. The molecule has 1 unspecified atom stereocenters. The van der Waals surface area contributed by atoms with Gasteiger partial charge in [-0.05, 0) is 43.9 Å². The van der Waals surface area contributed by atoms with Crippen LogP contribution in [0.1, 0.15) is 59.6 Å². The Hall–Kier alpha value is -2.89. The molecule has 1 aromatic carbocycles. The average molecular weight is 367 g/mol. The predicted molar refractivity (Wildman–Crippen MR) is 103 cm³/mol. The highest BCUT2D eigenvalue weighted by Crippen LogP contribution is 2.30. The van der Waals surface area contributed by atoms with Crippen molar-refractivity contribution >= 4 is 17.7 Å². The van der Waals surface area contributed by atoms with Gasteiger partial charge < -0.3 is 10.3 Å². The molecular formula is C21H25N3O3. The van der Waals surface area contributed by atoms with Crippen molar-refractivity contribution in [3.8, 4) is 0 Å². The number of carbonyl (C=O) groups excluding carboxylic acids is 3. The molecule has 1 aliphatic rings. The Balaban J connectivity index is 1.83. The van der Waals surface area contributed by atoms with E-state index in [1.165, 1.54) is 0 Å². The van der Waals surface area contributed by atoms with Crippen molar-refractivity contribution in [3.63, 3.8) is 0 Å². The molecule has 2 aromatic rings. The summed E-state index contributed by atoms with van der Waals surface area (Å²) >= 11 is 0. The summed E-state index contributed by atoms with van der Waals surface area (Å²) in [5.74, 6) is -0.300. The minimum absolute atomic E-state index is 0.264. The lowest BCUT2D eigenvalue weighted by Gasteiger charge is -2.22. The summed E-state index contributed by atoms with van der Waals surface area (Å²) in [5, 5.41) is 2.75. The Bertz CT molecular complexity index is 911. The van der Waals surface area contributed by atoms with Gasteiger partial charge in [-0.2, -0.15) is 0 Å². The average Bonchev–Trinajstić information content (AvgIpc) is 3.06. The molecule has 3 amide bonds. The normalized spacial score (nSPS) is 19.7. The molecule has 1 atom stereocenters. The molecule has 2 N–H and O–H groups in total. The molecule has 0 bridgehead atoms. The zero-order chi connectivity index (χ0) is 19.9. The number of amides is 3. The van der Waals surface area contributed by atoms with Gasteiger partial charge in [0, 0.05) is 17.0 Å². The third-order valence-corrected chi connectivity index (χ3v) is 5.18. The van der Waals surface area contributed by atoms with Crippen molar-refractivity contribution in [1.82, 2.24) is 15.2 Å². The van der Waals surface area contributed by atoms with Gasteiger partial charge in [-0.25, -0.2) is 4.79 Å². The number of hydrogen-bond acceptors (Lipinski definition) is 3. The fraction of sp³-hybridized carbons (Fsp3) is 0.381. The van der Waals surface area contributed by atoms with Gasteiger partial charge in [0.1, 0.15) is 5.54 Å². The summed E-state index contributed by atoms with van der Waals surface area (Å²) < 4.78 is 0. The number of Topliss-reactive ketones (excluding diaryl/α,β-unsaturated/α-hetero) is 1. The predicted octanol–water partition coefficient (Wildman–Crippen LogP) is 3.40. The Kier molecular flexibility index (Phi) is 4.68. The first-order chi connectivity index (χ1) is 12.6. The van der Waals surface area contributed by atoms with Gasteiger partial charge in [0.05, 0.1) is 6.54 Å². The summed E-state index contributed by atoms with van der Waals surface area (Å²) in [6.45, 7) is 9.24. The lowest BCUT2D eigenvalue weighted by molar-refractivity contribution is -0.130. The number of urea groups is 1. The van der Waals surface area contributed by atoms with Crippen molar-refractivity contribution < 1.29 is 14.4 Å². The summed E-state index contributed by atoms with van der Waals surface area (Å²) in [4.78, 5) is 42.1. The Morgan fingerprint density at radius 1 is 1.15 bits per heavy atom. The molecule has 1 fully saturated rings. The van der Waals surface area contributed by atoms with Crippen LogP contribution in [-0.2, 0) is 10.3 Å². The fourth-order valence-electron chi connectivity index (χ4n) is 3.48. The zero-order valence-electron chi connectivity index (χ0n) is 16.3. The maximum absolute atomic E-state index is 13.0. The van der Waals surface area contributed by atoms with E-state index < -0.39 is 17.5 Å². The van der Waals surface area contributed by atoms with Crippen molar-refractivity contribution in [2.75, 3.05) is 6.54 Å². The molecule has 0 saturated carbocycles. The van der Waals surface area contributed by atoms with Crippen molar-refractivity contribution in [3.05, 3.63) is 58.4 Å². The van der Waals surface area contributed by atoms with Crippen LogP contribution in [0.15, 0.2) is 30.3 Å². The molecule has 0 radical (unpaired) electrons. The van der Waals surface area contributed by atoms with Crippen LogP contribution in [0, 0.1) is 13.8 Å². The summed E-state index contributed by atoms with van der Waals surface area (Å²) in [6, 6.07) is 8.83. The van der Waals surface area contributed by atoms with Crippen molar-refractivity contribution in [2.45, 2.75) is 46.1 Å². The van der Waals surface area contributed by atoms with E-state index in [0.717, 1.165) is 21.9 Å². The quantitative estimate of drug-likeness (QED) is 0.628. The van der Waals surface area contributed by atoms with Crippen molar-refractivity contribution in [2.24, 2.45) is 0 Å².